The fourth-order valence-corrected chi connectivity index (χ4v) is 11.0. The minimum atomic E-state index is 0.818. The van der Waals surface area contributed by atoms with Crippen molar-refractivity contribution < 1.29 is 8.83 Å². The Hall–Kier alpha value is -9.90. The van der Waals surface area contributed by atoms with E-state index in [1.165, 1.54) is 0 Å². The summed E-state index contributed by atoms with van der Waals surface area (Å²) < 4.78 is 13.9. The molecule has 14 aromatic rings. The van der Waals surface area contributed by atoms with Gasteiger partial charge in [-0.3, -0.25) is 0 Å². The first-order valence-electron chi connectivity index (χ1n) is 25.2. The lowest BCUT2D eigenvalue weighted by atomic mass is 9.92. The largest absolute Gasteiger partial charge is 0.454 e. The number of para-hydroxylation sites is 6. The molecule has 12 aromatic carbocycles. The number of nitrogens with zero attached hydrogens (tertiary/aromatic N) is 2. The fourth-order valence-electron chi connectivity index (χ4n) is 11.0. The Bertz CT molecular complexity index is 4090. The van der Waals surface area contributed by atoms with Crippen LogP contribution in [0.3, 0.4) is 0 Å². The van der Waals surface area contributed by atoms with Crippen LogP contribution in [0.15, 0.2) is 288 Å². The van der Waals surface area contributed by atoms with Gasteiger partial charge in [0, 0.05) is 43.8 Å². The molecular weight excluding hydrogens is 901 g/mol. The zero-order chi connectivity index (χ0) is 49.0. The predicted octanol–water partition coefficient (Wildman–Crippen LogP) is 20.2. The molecule has 4 heteroatoms. The van der Waals surface area contributed by atoms with Gasteiger partial charge in [-0.05, 0) is 93.7 Å². The molecule has 0 N–H and O–H groups in total. The van der Waals surface area contributed by atoms with Crippen molar-refractivity contribution >= 4 is 88.8 Å². The van der Waals surface area contributed by atoms with Crippen molar-refractivity contribution in [1.29, 1.82) is 0 Å². The average molecular weight is 947 g/mol. The molecule has 4 nitrogen and oxygen atoms in total. The molecule has 0 aliphatic carbocycles. The van der Waals surface area contributed by atoms with Crippen LogP contribution in [0, 0.1) is 0 Å². The Kier molecular flexibility index (Phi) is 10.5. The summed E-state index contributed by atoms with van der Waals surface area (Å²) in [5.41, 5.74) is 18.1. The summed E-state index contributed by atoms with van der Waals surface area (Å²) >= 11 is 0. The molecule has 0 spiro atoms. The molecule has 0 fully saturated rings. The molecule has 348 valence electrons. The van der Waals surface area contributed by atoms with E-state index in [2.05, 4.69) is 277 Å². The van der Waals surface area contributed by atoms with E-state index in [4.69, 9.17) is 8.83 Å². The minimum absolute atomic E-state index is 0.818. The Morgan fingerprint density at radius 1 is 0.216 bits per heavy atom. The van der Waals surface area contributed by atoms with Crippen molar-refractivity contribution in [1.82, 2.24) is 0 Å². The lowest BCUT2D eigenvalue weighted by Gasteiger charge is -2.32. The minimum Gasteiger partial charge on any atom is -0.454 e. The van der Waals surface area contributed by atoms with Crippen molar-refractivity contribution in [3.05, 3.63) is 279 Å². The molecule has 0 saturated heterocycles. The van der Waals surface area contributed by atoms with Crippen LogP contribution < -0.4 is 9.80 Å². The molecule has 0 bridgehead atoms. The van der Waals surface area contributed by atoms with Gasteiger partial charge >= 0.3 is 0 Å². The zero-order valence-electron chi connectivity index (χ0n) is 40.3. The summed E-state index contributed by atoms with van der Waals surface area (Å²) in [5.74, 6) is 0. The monoisotopic (exact) mass is 946 g/mol. The lowest BCUT2D eigenvalue weighted by Crippen LogP contribution is -2.14. The highest BCUT2D eigenvalue weighted by atomic mass is 16.3. The quantitative estimate of drug-likeness (QED) is 0.137. The molecule has 14 rings (SSSR count). The molecular formula is C70H46N2O2. The molecule has 2 aromatic heterocycles. The van der Waals surface area contributed by atoms with Crippen LogP contribution in [0.25, 0.3) is 99.2 Å². The highest BCUT2D eigenvalue weighted by Gasteiger charge is 2.28. The SMILES string of the molecule is c1ccc(-c2ccccc2N(c2cc3cc(N(c4ccccc4-c4ccccc4)c4cccc5c4oc4ccccc45)c(-c4ccccc4)cc3cc2-c2ccccc2)c2cccc3c2oc2ccccc23)cc1. The normalized spacial score (nSPS) is 11.5. The van der Waals surface area contributed by atoms with E-state index < -0.39 is 0 Å². The summed E-state index contributed by atoms with van der Waals surface area (Å²) in [6.07, 6.45) is 0. The van der Waals surface area contributed by atoms with Crippen molar-refractivity contribution in [3.63, 3.8) is 0 Å². The molecule has 0 unspecified atom stereocenters. The molecule has 0 aliphatic rings. The maximum Gasteiger partial charge on any atom is 0.159 e. The van der Waals surface area contributed by atoms with Gasteiger partial charge in [0.25, 0.3) is 0 Å². The molecule has 0 radical (unpaired) electrons. The lowest BCUT2D eigenvalue weighted by molar-refractivity contribution is 0.669. The third kappa shape index (κ3) is 7.31. The van der Waals surface area contributed by atoms with Gasteiger partial charge in [-0.1, -0.05) is 218 Å². The van der Waals surface area contributed by atoms with Crippen molar-refractivity contribution in [2.45, 2.75) is 0 Å². The van der Waals surface area contributed by atoms with Crippen molar-refractivity contribution in [2.24, 2.45) is 0 Å². The van der Waals surface area contributed by atoms with E-state index in [9.17, 15) is 0 Å². The second kappa shape index (κ2) is 18.1. The Morgan fingerprint density at radius 3 is 0.946 bits per heavy atom. The molecule has 0 atom stereocenters. The number of hydrogen-bond acceptors (Lipinski definition) is 4. The summed E-state index contributed by atoms with van der Waals surface area (Å²) in [5, 5.41) is 6.44. The van der Waals surface area contributed by atoms with Gasteiger partial charge < -0.3 is 18.6 Å². The Labute approximate surface area is 428 Å². The first kappa shape index (κ1) is 42.9. The molecule has 2 heterocycles. The molecule has 0 saturated carbocycles. The van der Waals surface area contributed by atoms with Gasteiger partial charge in [-0.15, -0.1) is 0 Å². The van der Waals surface area contributed by atoms with Crippen LogP contribution in [0.1, 0.15) is 0 Å². The average Bonchev–Trinajstić information content (AvgIpc) is 4.06. The smallest absolute Gasteiger partial charge is 0.159 e. The first-order valence-corrected chi connectivity index (χ1v) is 25.2. The van der Waals surface area contributed by atoms with Crippen LogP contribution in [0.5, 0.6) is 0 Å². The van der Waals surface area contributed by atoms with E-state index >= 15 is 0 Å². The van der Waals surface area contributed by atoms with Gasteiger partial charge in [-0.2, -0.15) is 0 Å². The van der Waals surface area contributed by atoms with Crippen LogP contribution in [-0.2, 0) is 0 Å². The number of fused-ring (bicyclic) bond motifs is 7. The van der Waals surface area contributed by atoms with Crippen LogP contribution >= 0.6 is 0 Å². The highest BCUT2D eigenvalue weighted by molar-refractivity contribution is 6.14. The molecule has 74 heavy (non-hydrogen) atoms. The number of benzene rings is 12. The van der Waals surface area contributed by atoms with Gasteiger partial charge in [0.15, 0.2) is 11.2 Å². The second-order valence-electron chi connectivity index (χ2n) is 18.8. The number of anilines is 6. The third-order valence-electron chi connectivity index (χ3n) is 14.4. The van der Waals surface area contributed by atoms with Gasteiger partial charge in [0.1, 0.15) is 11.2 Å². The van der Waals surface area contributed by atoms with E-state index in [0.29, 0.717) is 0 Å². The standard InChI is InChI=1S/C70H46N2O2/c1-5-23-47(24-6-1)53-31-13-17-37-61(53)71(63-39-21-35-57-55-33-15-19-41-67(55)73-69(57)63)65-45-52-46-66(60(50-29-11-4-12-30-50)44-51(52)43-59(65)49-27-9-3-10-28-49)72(62-38-18-14-32-54(62)48-25-7-2-8-26-48)64-40-22-36-58-56-34-16-20-42-68(56)74-70(58)64/h1-46H. The topological polar surface area (TPSA) is 32.8 Å². The summed E-state index contributed by atoms with van der Waals surface area (Å²) in [6.45, 7) is 0. The number of rotatable bonds is 10. The third-order valence-corrected chi connectivity index (χ3v) is 14.4. The maximum atomic E-state index is 6.95. The molecule has 0 aliphatic heterocycles. The first-order chi connectivity index (χ1) is 36.7. The van der Waals surface area contributed by atoms with Gasteiger partial charge in [-0.25, -0.2) is 0 Å². The Balaban J connectivity index is 1.11. The number of furan rings is 2. The van der Waals surface area contributed by atoms with E-state index in [0.717, 1.165) is 133 Å². The van der Waals surface area contributed by atoms with E-state index in [1.807, 2.05) is 12.1 Å². The van der Waals surface area contributed by atoms with E-state index in [-0.39, 0.29) is 0 Å². The van der Waals surface area contributed by atoms with Crippen molar-refractivity contribution in [2.75, 3.05) is 9.80 Å². The maximum absolute atomic E-state index is 6.95. The molecule has 0 amide bonds. The van der Waals surface area contributed by atoms with Crippen LogP contribution in [-0.4, -0.2) is 0 Å². The van der Waals surface area contributed by atoms with Gasteiger partial charge in [0.05, 0.1) is 34.1 Å². The summed E-state index contributed by atoms with van der Waals surface area (Å²) in [7, 11) is 0. The summed E-state index contributed by atoms with van der Waals surface area (Å²) in [4.78, 5) is 4.86. The highest BCUT2D eigenvalue weighted by Crippen LogP contribution is 2.52. The zero-order valence-corrected chi connectivity index (χ0v) is 40.3. The van der Waals surface area contributed by atoms with Crippen molar-refractivity contribution in [3.8, 4) is 44.5 Å². The van der Waals surface area contributed by atoms with Crippen LogP contribution in [0.2, 0.25) is 0 Å². The summed E-state index contributed by atoms with van der Waals surface area (Å²) in [6, 6.07) is 99.7. The van der Waals surface area contributed by atoms with Gasteiger partial charge in [0.2, 0.25) is 0 Å². The predicted molar refractivity (Wildman–Crippen MR) is 310 cm³/mol. The second-order valence-corrected chi connectivity index (χ2v) is 18.8. The Morgan fingerprint density at radius 2 is 0.527 bits per heavy atom. The van der Waals surface area contributed by atoms with Crippen LogP contribution in [0.4, 0.5) is 34.1 Å². The number of hydrogen-bond donors (Lipinski definition) is 0. The van der Waals surface area contributed by atoms with E-state index in [1.54, 1.807) is 0 Å². The fraction of sp³-hybridized carbons (Fsp3) is 0.